The molecular weight excluding hydrogens is 632 g/mol. The summed E-state index contributed by atoms with van der Waals surface area (Å²) >= 11 is 0. The van der Waals surface area contributed by atoms with E-state index in [9.17, 15) is 33.6 Å². The summed E-state index contributed by atoms with van der Waals surface area (Å²) < 4.78 is 5.24. The summed E-state index contributed by atoms with van der Waals surface area (Å²) in [5.41, 5.74) is 5.19. The highest BCUT2D eigenvalue weighted by Gasteiger charge is 2.33. The van der Waals surface area contributed by atoms with Crippen molar-refractivity contribution in [1.29, 1.82) is 0 Å². The largest absolute Gasteiger partial charge is 0.465 e. The number of ether oxygens (including phenoxy) is 1. The number of nitrogens with two attached hydrogens (primary N) is 1. The average molecular weight is 695 g/mol. The van der Waals surface area contributed by atoms with Crippen molar-refractivity contribution in [3.05, 3.63) is 0 Å². The number of primary amides is 1. The van der Waals surface area contributed by atoms with Crippen molar-refractivity contribution >= 4 is 41.4 Å². The second kappa shape index (κ2) is 23.6. The molecule has 1 rings (SSSR count). The molecule has 1 fully saturated rings. The van der Waals surface area contributed by atoms with Gasteiger partial charge in [-0.1, -0.05) is 59.8 Å². The summed E-state index contributed by atoms with van der Waals surface area (Å²) in [6, 6.07) is -3.69. The van der Waals surface area contributed by atoms with Gasteiger partial charge in [-0.05, 0) is 50.4 Å². The molecule has 3 atom stereocenters. The molecule has 0 aromatic rings. The van der Waals surface area contributed by atoms with E-state index >= 15 is 0 Å². The number of ketones is 1. The van der Waals surface area contributed by atoms with Crippen molar-refractivity contribution in [3.8, 4) is 0 Å². The van der Waals surface area contributed by atoms with Gasteiger partial charge in [0.1, 0.15) is 12.1 Å². The lowest BCUT2D eigenvalue weighted by molar-refractivity contribution is -0.145. The molecule has 0 unspecified atom stereocenters. The molecule has 6 amide bonds. The van der Waals surface area contributed by atoms with Crippen molar-refractivity contribution in [3.63, 3.8) is 0 Å². The van der Waals surface area contributed by atoms with Crippen LogP contribution in [0.2, 0.25) is 0 Å². The van der Waals surface area contributed by atoms with Crippen LogP contribution in [-0.2, 0) is 33.5 Å². The number of hydrogen-bond acceptors (Lipinski definition) is 8. The third kappa shape index (κ3) is 18.6. The molecule has 0 spiro atoms. The fourth-order valence-electron chi connectivity index (χ4n) is 5.63. The molecule has 280 valence electrons. The van der Waals surface area contributed by atoms with Gasteiger partial charge in [-0.3, -0.25) is 28.8 Å². The molecule has 14 nitrogen and oxygen atoms in total. The van der Waals surface area contributed by atoms with Crippen LogP contribution in [0.1, 0.15) is 118 Å². The number of nitrogens with one attached hydrogen (secondary N) is 4. The first-order valence-corrected chi connectivity index (χ1v) is 17.9. The molecule has 0 aliphatic heterocycles. The Labute approximate surface area is 292 Å². The third-order valence-corrected chi connectivity index (χ3v) is 8.54. The maximum Gasteiger partial charge on any atom is 0.312 e. The summed E-state index contributed by atoms with van der Waals surface area (Å²) in [5, 5.41) is 10.8. The molecule has 0 bridgehead atoms. The first kappa shape index (κ1) is 43.3. The second-order valence-corrected chi connectivity index (χ2v) is 14.0. The Morgan fingerprint density at radius 1 is 0.755 bits per heavy atom. The van der Waals surface area contributed by atoms with Crippen LogP contribution in [0.5, 0.6) is 0 Å². The van der Waals surface area contributed by atoms with Crippen LogP contribution in [-0.4, -0.2) is 91.7 Å². The number of carbonyl (C=O) groups is 7. The number of rotatable bonds is 21. The van der Waals surface area contributed by atoms with Crippen molar-refractivity contribution < 1.29 is 38.3 Å². The Kier molecular flexibility index (Phi) is 20.9. The Balaban J connectivity index is 3.09. The van der Waals surface area contributed by atoms with Crippen LogP contribution < -0.4 is 27.0 Å². The van der Waals surface area contributed by atoms with Gasteiger partial charge in [0, 0.05) is 45.8 Å². The van der Waals surface area contributed by atoms with Gasteiger partial charge < -0.3 is 36.6 Å². The van der Waals surface area contributed by atoms with Gasteiger partial charge in [-0.25, -0.2) is 4.79 Å². The molecule has 0 saturated heterocycles. The van der Waals surface area contributed by atoms with Gasteiger partial charge in [0.2, 0.25) is 23.6 Å². The fraction of sp³-hybridized carbons (Fsp3) is 0.800. The van der Waals surface area contributed by atoms with Crippen molar-refractivity contribution in [2.24, 2.45) is 23.5 Å². The van der Waals surface area contributed by atoms with Crippen LogP contribution in [0.3, 0.4) is 0 Å². The molecular formula is C35H62N6O8. The van der Waals surface area contributed by atoms with Gasteiger partial charge in [0.15, 0.2) is 5.78 Å². The number of hydrogen-bond donors (Lipinski definition) is 5. The topological polar surface area (TPSA) is 206 Å². The minimum absolute atomic E-state index is 0.00911. The van der Waals surface area contributed by atoms with Gasteiger partial charge in [-0.15, -0.1) is 0 Å². The molecule has 1 aliphatic carbocycles. The van der Waals surface area contributed by atoms with E-state index in [0.29, 0.717) is 6.42 Å². The zero-order valence-electron chi connectivity index (χ0n) is 30.6. The quantitative estimate of drug-likeness (QED) is 0.0890. The first-order chi connectivity index (χ1) is 23.1. The van der Waals surface area contributed by atoms with Crippen LogP contribution in [0.15, 0.2) is 0 Å². The number of esters is 1. The van der Waals surface area contributed by atoms with Gasteiger partial charge in [0.25, 0.3) is 0 Å². The van der Waals surface area contributed by atoms with Gasteiger partial charge in [-0.2, -0.15) is 0 Å². The Bertz CT molecular complexity index is 1090. The zero-order valence-corrected chi connectivity index (χ0v) is 30.6. The first-order valence-electron chi connectivity index (χ1n) is 17.9. The highest BCUT2D eigenvalue weighted by molar-refractivity contribution is 5.95. The highest BCUT2D eigenvalue weighted by atomic mass is 16.5. The SMILES string of the molecule is CC(C)COC(=O)CC[C@H](NC(=O)CCCC(=O)N(C)C)C(=O)N[C@H](C(=O)N[C@@H](CCCNC(N)=O)C(=O)C1CCCCCCC1)C(C)C. The molecule has 14 heteroatoms. The number of Topliss-reactive ketones (excluding diaryl/α,β-unsaturated/α-hetero) is 1. The summed E-state index contributed by atoms with van der Waals surface area (Å²) in [6.45, 7) is 7.77. The fourth-order valence-corrected chi connectivity index (χ4v) is 5.63. The second-order valence-electron chi connectivity index (χ2n) is 14.0. The highest BCUT2D eigenvalue weighted by Crippen LogP contribution is 2.25. The average Bonchev–Trinajstić information content (AvgIpc) is 3.01. The van der Waals surface area contributed by atoms with E-state index in [1.165, 1.54) is 4.90 Å². The summed E-state index contributed by atoms with van der Waals surface area (Å²) in [5.74, 6) is -2.82. The van der Waals surface area contributed by atoms with Crippen molar-refractivity contribution in [1.82, 2.24) is 26.2 Å². The lowest BCUT2D eigenvalue weighted by atomic mass is 9.84. The predicted molar refractivity (Wildman–Crippen MR) is 186 cm³/mol. The van der Waals surface area contributed by atoms with E-state index in [2.05, 4.69) is 21.3 Å². The number of amides is 6. The van der Waals surface area contributed by atoms with Crippen LogP contribution in [0.4, 0.5) is 4.79 Å². The predicted octanol–water partition coefficient (Wildman–Crippen LogP) is 2.71. The van der Waals surface area contributed by atoms with E-state index in [-0.39, 0.29) is 81.1 Å². The molecule has 6 N–H and O–H groups in total. The number of carbonyl (C=O) groups excluding carboxylic acids is 7. The van der Waals surface area contributed by atoms with Crippen LogP contribution in [0, 0.1) is 17.8 Å². The summed E-state index contributed by atoms with van der Waals surface area (Å²) in [6.07, 6.45) is 7.56. The summed E-state index contributed by atoms with van der Waals surface area (Å²) in [7, 11) is 3.25. The smallest absolute Gasteiger partial charge is 0.312 e. The minimum Gasteiger partial charge on any atom is -0.465 e. The monoisotopic (exact) mass is 694 g/mol. The van der Waals surface area contributed by atoms with E-state index in [0.717, 1.165) is 44.9 Å². The molecule has 0 radical (unpaired) electrons. The van der Waals surface area contributed by atoms with Gasteiger partial charge in [0.05, 0.1) is 12.6 Å². The number of nitrogens with zero attached hydrogens (tertiary/aromatic N) is 1. The molecule has 0 heterocycles. The molecule has 0 aromatic carbocycles. The molecule has 0 aromatic heterocycles. The number of urea groups is 1. The van der Waals surface area contributed by atoms with E-state index in [1.807, 2.05) is 13.8 Å². The van der Waals surface area contributed by atoms with E-state index < -0.39 is 47.8 Å². The minimum atomic E-state index is -1.15. The lowest BCUT2D eigenvalue weighted by Gasteiger charge is -2.29. The Morgan fingerprint density at radius 2 is 1.39 bits per heavy atom. The van der Waals surface area contributed by atoms with E-state index in [4.69, 9.17) is 10.5 Å². The Hall–Kier alpha value is -3.71. The van der Waals surface area contributed by atoms with Crippen LogP contribution in [0.25, 0.3) is 0 Å². The molecule has 49 heavy (non-hydrogen) atoms. The van der Waals surface area contributed by atoms with Gasteiger partial charge >= 0.3 is 12.0 Å². The normalized spacial score (nSPS) is 15.6. The van der Waals surface area contributed by atoms with Crippen LogP contribution >= 0.6 is 0 Å². The Morgan fingerprint density at radius 3 is 1.96 bits per heavy atom. The lowest BCUT2D eigenvalue weighted by Crippen LogP contribution is -2.57. The van der Waals surface area contributed by atoms with Crippen molar-refractivity contribution in [2.75, 3.05) is 27.2 Å². The zero-order chi connectivity index (χ0) is 36.9. The van der Waals surface area contributed by atoms with E-state index in [1.54, 1.807) is 27.9 Å². The molecule has 1 aliphatic rings. The van der Waals surface area contributed by atoms with Crippen molar-refractivity contribution in [2.45, 2.75) is 136 Å². The molecule has 1 saturated carbocycles. The third-order valence-electron chi connectivity index (χ3n) is 8.54. The summed E-state index contributed by atoms with van der Waals surface area (Å²) in [4.78, 5) is 90.8. The maximum absolute atomic E-state index is 13.8. The standard InChI is InChI=1S/C35H62N6O8/c1-23(2)22-49-30(44)20-19-27(38-28(42)17-12-18-29(43)41(5)6)33(46)40-31(24(3)4)34(47)39-26(16-13-21-37-35(36)48)32(45)25-14-10-8-7-9-11-15-25/h23-27,31H,7-22H2,1-6H3,(H,38,42)(H,39,47)(H,40,46)(H3,36,37,48)/t26-,27-,31-/m0/s1. The maximum atomic E-state index is 13.8.